The second-order valence-electron chi connectivity index (χ2n) is 4.06. The summed E-state index contributed by atoms with van der Waals surface area (Å²) in [5, 5.41) is 2.99. The maximum atomic E-state index is 11.5. The zero-order valence-electron chi connectivity index (χ0n) is 11.1. The molecular formula is C12H26N2O2. The minimum Gasteiger partial charge on any atom is -0.465 e. The van der Waals surface area contributed by atoms with Crippen LogP contribution in [0.25, 0.3) is 0 Å². The number of esters is 1. The van der Waals surface area contributed by atoms with Gasteiger partial charge in [0, 0.05) is 6.54 Å². The number of rotatable bonds is 9. The number of carbonyl (C=O) groups is 1. The molecule has 4 nitrogen and oxygen atoms in total. The lowest BCUT2D eigenvalue weighted by Crippen LogP contribution is -2.44. The predicted octanol–water partition coefficient (Wildman–Crippen LogP) is 1.26. The van der Waals surface area contributed by atoms with Crippen LogP contribution in [-0.2, 0) is 9.53 Å². The lowest BCUT2D eigenvalue weighted by Gasteiger charge is -2.22. The summed E-state index contributed by atoms with van der Waals surface area (Å²) < 4.78 is 4.99. The molecule has 0 aromatic carbocycles. The normalized spacial score (nSPS) is 12.8. The van der Waals surface area contributed by atoms with Crippen molar-refractivity contribution in [2.24, 2.45) is 0 Å². The molecule has 0 aromatic rings. The van der Waals surface area contributed by atoms with Crippen molar-refractivity contribution in [1.29, 1.82) is 0 Å². The summed E-state index contributed by atoms with van der Waals surface area (Å²) in [6.07, 6.45) is 3.65. The summed E-state index contributed by atoms with van der Waals surface area (Å²) in [4.78, 5) is 13.7. The van der Waals surface area contributed by atoms with Gasteiger partial charge in [0.25, 0.3) is 0 Å². The van der Waals surface area contributed by atoms with Gasteiger partial charge >= 0.3 is 5.97 Å². The van der Waals surface area contributed by atoms with Gasteiger partial charge in [-0.3, -0.25) is 4.79 Å². The molecule has 0 aliphatic carbocycles. The van der Waals surface area contributed by atoms with Crippen LogP contribution in [0.5, 0.6) is 0 Å². The molecule has 0 saturated carbocycles. The molecule has 96 valence electrons. The summed E-state index contributed by atoms with van der Waals surface area (Å²) in [6.45, 7) is 6.20. The fourth-order valence-electron chi connectivity index (χ4n) is 1.56. The summed E-state index contributed by atoms with van der Waals surface area (Å²) in [5.74, 6) is -0.160. The molecule has 0 aliphatic rings. The first kappa shape index (κ1) is 15.4. The average molecular weight is 230 g/mol. The molecule has 0 amide bonds. The van der Waals surface area contributed by atoms with Gasteiger partial charge in [0.15, 0.2) is 0 Å². The summed E-state index contributed by atoms with van der Waals surface area (Å²) in [7, 11) is 3.83. The van der Waals surface area contributed by atoms with E-state index in [1.165, 1.54) is 19.3 Å². The zero-order chi connectivity index (χ0) is 12.4. The van der Waals surface area contributed by atoms with Crippen molar-refractivity contribution >= 4 is 5.97 Å². The van der Waals surface area contributed by atoms with Crippen LogP contribution < -0.4 is 5.32 Å². The maximum absolute atomic E-state index is 11.5. The van der Waals surface area contributed by atoms with E-state index in [9.17, 15) is 4.79 Å². The Bertz CT molecular complexity index is 186. The average Bonchev–Trinajstić information content (AvgIpc) is 2.26. The highest BCUT2D eigenvalue weighted by Crippen LogP contribution is 1.98. The Morgan fingerprint density at radius 2 is 2.06 bits per heavy atom. The molecule has 0 radical (unpaired) electrons. The van der Waals surface area contributed by atoms with E-state index in [1.54, 1.807) is 7.05 Å². The highest BCUT2D eigenvalue weighted by molar-refractivity contribution is 5.76. The number of likely N-dealkylation sites (N-methyl/N-ethyl adjacent to an activating group) is 2. The molecule has 4 heteroatoms. The van der Waals surface area contributed by atoms with Crippen LogP contribution in [-0.4, -0.2) is 50.7 Å². The molecule has 0 spiro atoms. The summed E-state index contributed by atoms with van der Waals surface area (Å²) >= 11 is 0. The van der Waals surface area contributed by atoms with Crippen molar-refractivity contribution in [2.45, 2.75) is 39.2 Å². The van der Waals surface area contributed by atoms with Gasteiger partial charge in [0.05, 0.1) is 6.61 Å². The first-order valence-electron chi connectivity index (χ1n) is 6.18. The molecule has 0 bridgehead atoms. The molecule has 0 aliphatic heterocycles. The highest BCUT2D eigenvalue weighted by Gasteiger charge is 2.18. The fraction of sp³-hybridized carbons (Fsp3) is 0.917. The number of unbranched alkanes of at least 4 members (excludes halogenated alkanes) is 2. The zero-order valence-corrected chi connectivity index (χ0v) is 11.1. The Morgan fingerprint density at radius 1 is 1.38 bits per heavy atom. The number of nitrogens with one attached hydrogen (secondary N) is 1. The number of nitrogens with zero attached hydrogens (tertiary/aromatic N) is 1. The number of ether oxygens (including phenoxy) is 1. The first-order valence-corrected chi connectivity index (χ1v) is 6.18. The van der Waals surface area contributed by atoms with Gasteiger partial charge in [0.1, 0.15) is 6.04 Å². The third-order valence-corrected chi connectivity index (χ3v) is 2.56. The second-order valence-corrected chi connectivity index (χ2v) is 4.06. The predicted molar refractivity (Wildman–Crippen MR) is 66.5 cm³/mol. The Balaban J connectivity index is 3.86. The van der Waals surface area contributed by atoms with Crippen molar-refractivity contribution in [1.82, 2.24) is 10.2 Å². The van der Waals surface area contributed by atoms with E-state index >= 15 is 0 Å². The molecule has 1 N–H and O–H groups in total. The molecule has 0 rings (SSSR count). The lowest BCUT2D eigenvalue weighted by atomic mass is 10.2. The van der Waals surface area contributed by atoms with E-state index in [4.69, 9.17) is 4.74 Å². The molecule has 16 heavy (non-hydrogen) atoms. The van der Waals surface area contributed by atoms with Crippen molar-refractivity contribution in [3.05, 3.63) is 0 Å². The van der Waals surface area contributed by atoms with E-state index < -0.39 is 0 Å². The largest absolute Gasteiger partial charge is 0.465 e. The van der Waals surface area contributed by atoms with Crippen LogP contribution in [0, 0.1) is 0 Å². The third kappa shape index (κ3) is 6.80. The van der Waals surface area contributed by atoms with E-state index in [0.29, 0.717) is 13.2 Å². The molecule has 0 heterocycles. The van der Waals surface area contributed by atoms with Crippen molar-refractivity contribution in [2.75, 3.05) is 33.8 Å². The monoisotopic (exact) mass is 230 g/mol. The summed E-state index contributed by atoms with van der Waals surface area (Å²) in [5.41, 5.74) is 0. The van der Waals surface area contributed by atoms with Crippen LogP contribution >= 0.6 is 0 Å². The Kier molecular flexibility index (Phi) is 9.24. The highest BCUT2D eigenvalue weighted by atomic mass is 16.5. The van der Waals surface area contributed by atoms with Crippen molar-refractivity contribution in [3.8, 4) is 0 Å². The maximum Gasteiger partial charge on any atom is 0.324 e. The number of carbonyl (C=O) groups excluding carboxylic acids is 1. The summed E-state index contributed by atoms with van der Waals surface area (Å²) in [6, 6.07) is -0.216. The molecule has 1 unspecified atom stereocenters. The van der Waals surface area contributed by atoms with Gasteiger partial charge in [-0.2, -0.15) is 0 Å². The van der Waals surface area contributed by atoms with E-state index in [-0.39, 0.29) is 12.0 Å². The van der Waals surface area contributed by atoms with E-state index in [0.717, 1.165) is 6.54 Å². The quantitative estimate of drug-likeness (QED) is 0.478. The van der Waals surface area contributed by atoms with Crippen molar-refractivity contribution in [3.63, 3.8) is 0 Å². The molecule has 0 fully saturated rings. The second kappa shape index (κ2) is 9.60. The van der Waals surface area contributed by atoms with E-state index in [2.05, 4.69) is 17.1 Å². The minimum absolute atomic E-state index is 0.160. The molecular weight excluding hydrogens is 204 g/mol. The standard InChI is InChI=1S/C12H26N2O2/c1-5-7-8-9-14(4)10-11(13-3)12(15)16-6-2/h11,13H,5-10H2,1-4H3. The van der Waals surface area contributed by atoms with E-state index in [1.807, 2.05) is 14.0 Å². The topological polar surface area (TPSA) is 41.6 Å². The first-order chi connectivity index (χ1) is 7.65. The van der Waals surface area contributed by atoms with Gasteiger partial charge < -0.3 is 15.0 Å². The Morgan fingerprint density at radius 3 is 2.56 bits per heavy atom. The molecule has 0 aromatic heterocycles. The third-order valence-electron chi connectivity index (χ3n) is 2.56. The van der Waals surface area contributed by atoms with Gasteiger partial charge in [-0.1, -0.05) is 19.8 Å². The van der Waals surface area contributed by atoms with Crippen LogP contribution in [0.4, 0.5) is 0 Å². The van der Waals surface area contributed by atoms with Crippen LogP contribution in [0.15, 0.2) is 0 Å². The van der Waals surface area contributed by atoms with Gasteiger partial charge in [-0.25, -0.2) is 0 Å². The number of hydrogen-bond donors (Lipinski definition) is 1. The van der Waals surface area contributed by atoms with Crippen LogP contribution in [0.3, 0.4) is 0 Å². The van der Waals surface area contributed by atoms with Crippen molar-refractivity contribution < 1.29 is 9.53 Å². The van der Waals surface area contributed by atoms with Crippen LogP contribution in [0.1, 0.15) is 33.1 Å². The molecule has 0 saturated heterocycles. The minimum atomic E-state index is -0.216. The van der Waals surface area contributed by atoms with Gasteiger partial charge in [0.2, 0.25) is 0 Å². The van der Waals surface area contributed by atoms with Gasteiger partial charge in [-0.15, -0.1) is 0 Å². The smallest absolute Gasteiger partial charge is 0.324 e. The van der Waals surface area contributed by atoms with Crippen LogP contribution in [0.2, 0.25) is 0 Å². The number of hydrogen-bond acceptors (Lipinski definition) is 4. The Hall–Kier alpha value is -0.610. The molecule has 1 atom stereocenters. The van der Waals surface area contributed by atoms with Gasteiger partial charge in [-0.05, 0) is 34.0 Å². The lowest BCUT2D eigenvalue weighted by molar-refractivity contribution is -0.145. The fourth-order valence-corrected chi connectivity index (χ4v) is 1.56. The SMILES string of the molecule is CCCCCN(C)CC(NC)C(=O)OCC. The Labute approximate surface area is 99.3 Å².